The summed E-state index contributed by atoms with van der Waals surface area (Å²) in [5.74, 6) is 0.457. The maximum absolute atomic E-state index is 12.9. The van der Waals surface area contributed by atoms with Crippen molar-refractivity contribution in [3.8, 4) is 0 Å². The second-order valence-corrected chi connectivity index (χ2v) is 8.36. The van der Waals surface area contributed by atoms with Gasteiger partial charge in [-0.2, -0.15) is 0 Å². The Morgan fingerprint density at radius 1 is 1.07 bits per heavy atom. The number of rotatable bonds is 7. The summed E-state index contributed by atoms with van der Waals surface area (Å²) in [7, 11) is 0. The Labute approximate surface area is 166 Å². The fraction of sp³-hybridized carbons (Fsp3) is 0.700. The number of piperazine rings is 1. The number of carbonyl (C=O) groups is 2. The molecule has 0 aliphatic carbocycles. The van der Waals surface area contributed by atoms with Crippen LogP contribution in [0.5, 0.6) is 0 Å². The first kappa shape index (κ1) is 20.3. The zero-order chi connectivity index (χ0) is 19.2. The molecule has 1 aromatic heterocycles. The number of nitrogens with zero attached hydrogens (tertiary/aromatic N) is 4. The molecule has 150 valence electrons. The minimum Gasteiger partial charge on any atom is -0.342 e. The van der Waals surface area contributed by atoms with Crippen LogP contribution in [0.3, 0.4) is 0 Å². The van der Waals surface area contributed by atoms with Gasteiger partial charge in [0.2, 0.25) is 11.8 Å². The highest BCUT2D eigenvalue weighted by Crippen LogP contribution is 2.34. The lowest BCUT2D eigenvalue weighted by molar-refractivity contribution is -0.135. The van der Waals surface area contributed by atoms with Gasteiger partial charge in [0.05, 0.1) is 19.1 Å². The standard InChI is InChI=1S/C20H32N4O2S/c1-3-23(4-2)19(25)15-21-10-12-22(13-11-21)16-20(26)24-9-5-7-17(24)18-8-6-14-27-18/h6,8,14,17H,3-5,7,9-13,15-16H2,1-2H3. The van der Waals surface area contributed by atoms with E-state index in [0.717, 1.165) is 58.7 Å². The lowest BCUT2D eigenvalue weighted by atomic mass is 10.2. The van der Waals surface area contributed by atoms with E-state index in [1.807, 2.05) is 18.7 Å². The molecule has 2 fully saturated rings. The molecule has 2 aliphatic heterocycles. The summed E-state index contributed by atoms with van der Waals surface area (Å²) in [5.41, 5.74) is 0. The smallest absolute Gasteiger partial charge is 0.237 e. The van der Waals surface area contributed by atoms with E-state index in [2.05, 4.69) is 32.2 Å². The Kier molecular flexibility index (Phi) is 7.26. The van der Waals surface area contributed by atoms with Crippen molar-refractivity contribution in [1.82, 2.24) is 19.6 Å². The zero-order valence-corrected chi connectivity index (χ0v) is 17.4. The molecule has 0 N–H and O–H groups in total. The highest BCUT2D eigenvalue weighted by molar-refractivity contribution is 7.10. The summed E-state index contributed by atoms with van der Waals surface area (Å²) in [6.07, 6.45) is 2.17. The molecule has 0 radical (unpaired) electrons. The molecule has 27 heavy (non-hydrogen) atoms. The van der Waals surface area contributed by atoms with Crippen LogP contribution in [0.25, 0.3) is 0 Å². The first-order valence-corrected chi connectivity index (χ1v) is 11.1. The summed E-state index contributed by atoms with van der Waals surface area (Å²) in [6, 6.07) is 4.48. The highest BCUT2D eigenvalue weighted by Gasteiger charge is 2.32. The summed E-state index contributed by atoms with van der Waals surface area (Å²) in [5, 5.41) is 2.09. The molecular weight excluding hydrogens is 360 g/mol. The first-order valence-electron chi connectivity index (χ1n) is 10.2. The molecule has 1 atom stereocenters. The highest BCUT2D eigenvalue weighted by atomic mass is 32.1. The molecule has 2 saturated heterocycles. The van der Waals surface area contributed by atoms with E-state index in [4.69, 9.17) is 0 Å². The average Bonchev–Trinajstić information content (AvgIpc) is 3.35. The average molecular weight is 393 g/mol. The molecule has 7 heteroatoms. The second kappa shape index (κ2) is 9.66. The third-order valence-electron chi connectivity index (χ3n) is 5.74. The van der Waals surface area contributed by atoms with Crippen molar-refractivity contribution in [1.29, 1.82) is 0 Å². The largest absolute Gasteiger partial charge is 0.342 e. The Bertz CT molecular complexity index is 610. The maximum atomic E-state index is 12.9. The summed E-state index contributed by atoms with van der Waals surface area (Å²) < 4.78 is 0. The number of amides is 2. The Morgan fingerprint density at radius 3 is 2.33 bits per heavy atom. The third kappa shape index (κ3) is 5.09. The molecule has 3 rings (SSSR count). The van der Waals surface area contributed by atoms with E-state index in [1.165, 1.54) is 4.88 Å². The lowest BCUT2D eigenvalue weighted by Gasteiger charge is -2.36. The quantitative estimate of drug-likeness (QED) is 0.711. The van der Waals surface area contributed by atoms with Gasteiger partial charge in [-0.05, 0) is 38.1 Å². The van der Waals surface area contributed by atoms with Gasteiger partial charge in [-0.25, -0.2) is 0 Å². The van der Waals surface area contributed by atoms with Gasteiger partial charge in [-0.15, -0.1) is 11.3 Å². The van der Waals surface area contributed by atoms with Crippen molar-refractivity contribution in [3.63, 3.8) is 0 Å². The minimum absolute atomic E-state index is 0.209. The number of likely N-dealkylation sites (N-methyl/N-ethyl adjacent to an activating group) is 1. The van der Waals surface area contributed by atoms with Crippen LogP contribution < -0.4 is 0 Å². The van der Waals surface area contributed by atoms with E-state index in [9.17, 15) is 9.59 Å². The van der Waals surface area contributed by atoms with Crippen molar-refractivity contribution in [2.75, 3.05) is 58.9 Å². The summed E-state index contributed by atoms with van der Waals surface area (Å²) >= 11 is 1.75. The van der Waals surface area contributed by atoms with Crippen molar-refractivity contribution < 1.29 is 9.59 Å². The van der Waals surface area contributed by atoms with Crippen LogP contribution in [-0.2, 0) is 9.59 Å². The van der Waals surface area contributed by atoms with Gasteiger partial charge in [0.1, 0.15) is 0 Å². The first-order chi connectivity index (χ1) is 13.1. The van der Waals surface area contributed by atoms with E-state index in [0.29, 0.717) is 13.1 Å². The topological polar surface area (TPSA) is 47.1 Å². The van der Waals surface area contributed by atoms with Gasteiger partial charge in [-0.1, -0.05) is 6.07 Å². The molecule has 0 bridgehead atoms. The number of likely N-dealkylation sites (tertiary alicyclic amines) is 1. The molecule has 0 saturated carbocycles. The van der Waals surface area contributed by atoms with E-state index in [-0.39, 0.29) is 17.9 Å². The lowest BCUT2D eigenvalue weighted by Crippen LogP contribution is -2.52. The molecule has 1 aromatic rings. The van der Waals surface area contributed by atoms with Crippen LogP contribution in [0.1, 0.15) is 37.6 Å². The second-order valence-electron chi connectivity index (χ2n) is 7.38. The molecule has 2 aliphatic rings. The molecule has 0 spiro atoms. The van der Waals surface area contributed by atoms with Crippen LogP contribution in [0.4, 0.5) is 0 Å². The predicted octanol–water partition coefficient (Wildman–Crippen LogP) is 1.90. The molecule has 6 nitrogen and oxygen atoms in total. The Balaban J connectivity index is 1.45. The zero-order valence-electron chi connectivity index (χ0n) is 16.6. The molecular formula is C20H32N4O2S. The van der Waals surface area contributed by atoms with Gasteiger partial charge in [-0.3, -0.25) is 19.4 Å². The van der Waals surface area contributed by atoms with Crippen LogP contribution in [0, 0.1) is 0 Å². The van der Waals surface area contributed by atoms with Gasteiger partial charge in [0.25, 0.3) is 0 Å². The fourth-order valence-corrected chi connectivity index (χ4v) is 4.97. The summed E-state index contributed by atoms with van der Waals surface area (Å²) in [6.45, 7) is 10.9. The van der Waals surface area contributed by atoms with Crippen LogP contribution in [-0.4, -0.2) is 90.3 Å². The molecule has 0 aromatic carbocycles. The van der Waals surface area contributed by atoms with Crippen molar-refractivity contribution in [2.45, 2.75) is 32.7 Å². The maximum Gasteiger partial charge on any atom is 0.237 e. The number of hydrogen-bond donors (Lipinski definition) is 0. The van der Waals surface area contributed by atoms with Gasteiger partial charge >= 0.3 is 0 Å². The monoisotopic (exact) mass is 392 g/mol. The van der Waals surface area contributed by atoms with Crippen molar-refractivity contribution >= 4 is 23.2 Å². The van der Waals surface area contributed by atoms with Gasteiger partial charge in [0, 0.05) is 50.7 Å². The number of thiophene rings is 1. The van der Waals surface area contributed by atoms with Crippen molar-refractivity contribution in [3.05, 3.63) is 22.4 Å². The Hall–Kier alpha value is -1.44. The van der Waals surface area contributed by atoms with Crippen LogP contribution in [0.2, 0.25) is 0 Å². The SMILES string of the molecule is CCN(CC)C(=O)CN1CCN(CC(=O)N2CCCC2c2cccs2)CC1. The molecule has 1 unspecified atom stereocenters. The van der Waals surface area contributed by atoms with E-state index < -0.39 is 0 Å². The van der Waals surface area contributed by atoms with Gasteiger partial charge in [0.15, 0.2) is 0 Å². The number of carbonyl (C=O) groups excluding carboxylic acids is 2. The Morgan fingerprint density at radius 2 is 1.74 bits per heavy atom. The van der Waals surface area contributed by atoms with Crippen molar-refractivity contribution in [2.24, 2.45) is 0 Å². The van der Waals surface area contributed by atoms with Gasteiger partial charge < -0.3 is 9.80 Å². The van der Waals surface area contributed by atoms with Crippen LogP contribution in [0.15, 0.2) is 17.5 Å². The molecule has 3 heterocycles. The third-order valence-corrected chi connectivity index (χ3v) is 6.72. The minimum atomic E-state index is 0.209. The van der Waals surface area contributed by atoms with E-state index >= 15 is 0 Å². The van der Waals surface area contributed by atoms with Crippen LogP contribution >= 0.6 is 11.3 Å². The normalized spacial score (nSPS) is 21.6. The summed E-state index contributed by atoms with van der Waals surface area (Å²) in [4.78, 5) is 34.8. The fourth-order valence-electron chi connectivity index (χ4n) is 4.10. The van der Waals surface area contributed by atoms with E-state index in [1.54, 1.807) is 11.3 Å². The predicted molar refractivity (Wildman–Crippen MR) is 109 cm³/mol. The molecule has 2 amide bonds. The number of hydrogen-bond acceptors (Lipinski definition) is 5.